The van der Waals surface area contributed by atoms with E-state index in [2.05, 4.69) is 27.8 Å². The van der Waals surface area contributed by atoms with Gasteiger partial charge in [-0.25, -0.2) is 0 Å². The van der Waals surface area contributed by atoms with Gasteiger partial charge in [0.1, 0.15) is 0 Å². The fourth-order valence-corrected chi connectivity index (χ4v) is 2.54. The van der Waals surface area contributed by atoms with Gasteiger partial charge in [0.15, 0.2) is 0 Å². The highest BCUT2D eigenvalue weighted by Crippen LogP contribution is 2.18. The van der Waals surface area contributed by atoms with Crippen LogP contribution < -0.4 is 10.6 Å². The molecule has 2 heterocycles. The first-order valence-electron chi connectivity index (χ1n) is 6.58. The lowest BCUT2D eigenvalue weighted by atomic mass is 10.1. The predicted molar refractivity (Wildman–Crippen MR) is 74.7 cm³/mol. The van der Waals surface area contributed by atoms with Crippen LogP contribution >= 0.6 is 0 Å². The SMILES string of the molecule is Cc1cc(CNC2CNC(=O)C2)c2ccccc2n1. The number of nitrogens with one attached hydrogen (secondary N) is 2. The van der Waals surface area contributed by atoms with Crippen LogP contribution in [0.25, 0.3) is 10.9 Å². The summed E-state index contributed by atoms with van der Waals surface area (Å²) in [5.41, 5.74) is 3.29. The van der Waals surface area contributed by atoms with E-state index in [1.54, 1.807) is 0 Å². The molecule has 0 aliphatic carbocycles. The smallest absolute Gasteiger partial charge is 0.221 e. The number of aryl methyl sites for hydroxylation is 1. The topological polar surface area (TPSA) is 54.0 Å². The van der Waals surface area contributed by atoms with E-state index in [0.29, 0.717) is 6.42 Å². The molecule has 1 aliphatic rings. The van der Waals surface area contributed by atoms with Crippen LogP contribution in [0.4, 0.5) is 0 Å². The van der Waals surface area contributed by atoms with Gasteiger partial charge in [-0.2, -0.15) is 0 Å². The molecule has 4 heteroatoms. The minimum absolute atomic E-state index is 0.133. The maximum Gasteiger partial charge on any atom is 0.221 e. The van der Waals surface area contributed by atoms with Crippen molar-refractivity contribution in [3.05, 3.63) is 41.6 Å². The molecular formula is C15H17N3O. The molecule has 1 unspecified atom stereocenters. The molecule has 3 rings (SSSR count). The van der Waals surface area contributed by atoms with E-state index in [-0.39, 0.29) is 11.9 Å². The molecule has 1 aromatic heterocycles. The summed E-state index contributed by atoms with van der Waals surface area (Å²) in [7, 11) is 0. The summed E-state index contributed by atoms with van der Waals surface area (Å²) in [6, 6.07) is 10.5. The molecule has 19 heavy (non-hydrogen) atoms. The van der Waals surface area contributed by atoms with Crippen LogP contribution in [0, 0.1) is 6.92 Å². The van der Waals surface area contributed by atoms with Crippen molar-refractivity contribution in [3.63, 3.8) is 0 Å². The van der Waals surface area contributed by atoms with Gasteiger partial charge in [0.05, 0.1) is 5.52 Å². The number of pyridine rings is 1. The van der Waals surface area contributed by atoms with Crippen molar-refractivity contribution in [1.29, 1.82) is 0 Å². The fraction of sp³-hybridized carbons (Fsp3) is 0.333. The lowest BCUT2D eigenvalue weighted by Gasteiger charge is -2.12. The third kappa shape index (κ3) is 2.58. The summed E-state index contributed by atoms with van der Waals surface area (Å²) < 4.78 is 0. The molecule has 98 valence electrons. The zero-order valence-electron chi connectivity index (χ0n) is 10.9. The number of fused-ring (bicyclic) bond motifs is 1. The average molecular weight is 255 g/mol. The molecule has 4 nitrogen and oxygen atoms in total. The van der Waals surface area contributed by atoms with Gasteiger partial charge < -0.3 is 10.6 Å². The Balaban J connectivity index is 1.82. The molecule has 1 fully saturated rings. The van der Waals surface area contributed by atoms with Gasteiger partial charge in [-0.15, -0.1) is 0 Å². The number of benzene rings is 1. The monoisotopic (exact) mass is 255 g/mol. The first-order chi connectivity index (χ1) is 9.22. The minimum atomic E-state index is 0.133. The lowest BCUT2D eigenvalue weighted by molar-refractivity contribution is -0.119. The summed E-state index contributed by atoms with van der Waals surface area (Å²) >= 11 is 0. The van der Waals surface area contributed by atoms with Crippen LogP contribution in [0.5, 0.6) is 0 Å². The Morgan fingerprint density at radius 3 is 3.05 bits per heavy atom. The lowest BCUT2D eigenvalue weighted by Crippen LogP contribution is -2.30. The number of para-hydroxylation sites is 1. The van der Waals surface area contributed by atoms with E-state index in [1.165, 1.54) is 10.9 Å². The summed E-state index contributed by atoms with van der Waals surface area (Å²) in [5, 5.41) is 7.46. The first kappa shape index (κ1) is 12.1. The van der Waals surface area contributed by atoms with Crippen molar-refractivity contribution in [2.45, 2.75) is 25.9 Å². The van der Waals surface area contributed by atoms with Crippen molar-refractivity contribution in [1.82, 2.24) is 15.6 Å². The number of carbonyl (C=O) groups is 1. The summed E-state index contributed by atoms with van der Waals surface area (Å²) in [6.45, 7) is 3.50. The number of aromatic nitrogens is 1. The summed E-state index contributed by atoms with van der Waals surface area (Å²) in [6.07, 6.45) is 0.571. The van der Waals surface area contributed by atoms with Gasteiger partial charge in [0.25, 0.3) is 0 Å². The molecule has 1 amide bonds. The number of hydrogen-bond acceptors (Lipinski definition) is 3. The molecule has 1 aliphatic heterocycles. The second kappa shape index (κ2) is 4.97. The van der Waals surface area contributed by atoms with Crippen molar-refractivity contribution in [3.8, 4) is 0 Å². The van der Waals surface area contributed by atoms with Crippen LogP contribution in [0.15, 0.2) is 30.3 Å². The molecule has 0 spiro atoms. The highest BCUT2D eigenvalue weighted by atomic mass is 16.1. The third-order valence-corrected chi connectivity index (χ3v) is 3.49. The van der Waals surface area contributed by atoms with Crippen LogP contribution in [-0.2, 0) is 11.3 Å². The Morgan fingerprint density at radius 1 is 1.42 bits per heavy atom. The highest BCUT2D eigenvalue weighted by molar-refractivity contribution is 5.82. The maximum absolute atomic E-state index is 11.2. The van der Waals surface area contributed by atoms with Gasteiger partial charge in [-0.3, -0.25) is 9.78 Å². The van der Waals surface area contributed by atoms with Crippen LogP contribution in [-0.4, -0.2) is 23.5 Å². The number of rotatable bonds is 3. The molecule has 0 radical (unpaired) electrons. The van der Waals surface area contributed by atoms with E-state index in [0.717, 1.165) is 24.3 Å². The van der Waals surface area contributed by atoms with Crippen LogP contribution in [0.1, 0.15) is 17.7 Å². The number of carbonyl (C=O) groups excluding carboxylic acids is 1. The zero-order chi connectivity index (χ0) is 13.2. The second-order valence-corrected chi connectivity index (χ2v) is 5.03. The van der Waals surface area contributed by atoms with Gasteiger partial charge >= 0.3 is 0 Å². The summed E-state index contributed by atoms with van der Waals surface area (Å²) in [5.74, 6) is 0.133. The molecule has 2 aromatic rings. The van der Waals surface area contributed by atoms with Gasteiger partial charge in [0.2, 0.25) is 5.91 Å². The third-order valence-electron chi connectivity index (χ3n) is 3.49. The number of hydrogen-bond donors (Lipinski definition) is 2. The average Bonchev–Trinajstić information content (AvgIpc) is 2.81. The molecule has 1 aromatic carbocycles. The molecule has 1 saturated heterocycles. The zero-order valence-corrected chi connectivity index (χ0v) is 10.9. The molecule has 0 bridgehead atoms. The number of amides is 1. The Labute approximate surface area is 112 Å². The first-order valence-corrected chi connectivity index (χ1v) is 6.58. The van der Waals surface area contributed by atoms with E-state index >= 15 is 0 Å². The van der Waals surface area contributed by atoms with E-state index in [4.69, 9.17) is 0 Å². The largest absolute Gasteiger partial charge is 0.354 e. The normalized spacial score (nSPS) is 18.8. The van der Waals surface area contributed by atoms with Crippen molar-refractivity contribution >= 4 is 16.8 Å². The van der Waals surface area contributed by atoms with E-state index in [9.17, 15) is 4.79 Å². The Bertz CT molecular complexity index is 624. The molecule has 0 saturated carbocycles. The van der Waals surface area contributed by atoms with Gasteiger partial charge in [-0.1, -0.05) is 18.2 Å². The van der Waals surface area contributed by atoms with Crippen LogP contribution in [0.3, 0.4) is 0 Å². The maximum atomic E-state index is 11.2. The molecular weight excluding hydrogens is 238 g/mol. The molecule has 2 N–H and O–H groups in total. The molecule has 1 atom stereocenters. The summed E-state index contributed by atoms with van der Waals surface area (Å²) in [4.78, 5) is 15.7. The van der Waals surface area contributed by atoms with E-state index in [1.807, 2.05) is 25.1 Å². The van der Waals surface area contributed by atoms with Crippen molar-refractivity contribution in [2.24, 2.45) is 0 Å². The standard InChI is InChI=1S/C15H17N3O/c1-10-6-11(8-16-12-7-15(19)17-9-12)13-4-2-3-5-14(13)18-10/h2-6,12,16H,7-9H2,1H3,(H,17,19). The van der Waals surface area contributed by atoms with E-state index < -0.39 is 0 Å². The second-order valence-electron chi connectivity index (χ2n) is 5.03. The van der Waals surface area contributed by atoms with Crippen LogP contribution in [0.2, 0.25) is 0 Å². The Hall–Kier alpha value is -1.94. The fourth-order valence-electron chi connectivity index (χ4n) is 2.54. The van der Waals surface area contributed by atoms with Crippen molar-refractivity contribution in [2.75, 3.05) is 6.54 Å². The minimum Gasteiger partial charge on any atom is -0.354 e. The van der Waals surface area contributed by atoms with Gasteiger partial charge in [0, 0.05) is 36.6 Å². The Morgan fingerprint density at radius 2 is 2.26 bits per heavy atom. The van der Waals surface area contributed by atoms with Gasteiger partial charge in [-0.05, 0) is 24.6 Å². The van der Waals surface area contributed by atoms with Crippen molar-refractivity contribution < 1.29 is 4.79 Å². The number of nitrogens with zero attached hydrogens (tertiary/aromatic N) is 1. The predicted octanol–water partition coefficient (Wildman–Crippen LogP) is 1.52. The quantitative estimate of drug-likeness (QED) is 0.874. The highest BCUT2D eigenvalue weighted by Gasteiger charge is 2.20. The Kier molecular flexibility index (Phi) is 3.17.